The van der Waals surface area contributed by atoms with Crippen LogP contribution in [0.3, 0.4) is 0 Å². The first-order valence-electron chi connectivity index (χ1n) is 5.55. The first kappa shape index (κ1) is 11.6. The molecule has 1 heterocycles. The van der Waals surface area contributed by atoms with Crippen molar-refractivity contribution in [2.75, 3.05) is 0 Å². The Hall–Kier alpha value is -1.84. The molecule has 4 heteroatoms. The van der Waals surface area contributed by atoms with Gasteiger partial charge in [0, 0.05) is 11.0 Å². The van der Waals surface area contributed by atoms with Crippen molar-refractivity contribution in [3.8, 4) is 0 Å². The second-order valence-electron chi connectivity index (χ2n) is 5.14. The standard InChI is InChI=1S/C13H16N2O2/c1-13(2,3)12-11(14-16)10(15-17-12)9-7-5-4-6-8-9/h4-8,12,16H,1-3H3/b14-11-. The monoisotopic (exact) mass is 232 g/mol. The molecule has 0 saturated heterocycles. The summed E-state index contributed by atoms with van der Waals surface area (Å²) in [5.74, 6) is 0. The second-order valence-corrected chi connectivity index (χ2v) is 5.14. The van der Waals surface area contributed by atoms with E-state index in [4.69, 9.17) is 10.0 Å². The zero-order chi connectivity index (χ0) is 12.5. The molecule has 0 amide bonds. The van der Waals surface area contributed by atoms with Gasteiger partial charge >= 0.3 is 0 Å². The third-order valence-corrected chi connectivity index (χ3v) is 2.68. The van der Waals surface area contributed by atoms with Crippen LogP contribution in [0.25, 0.3) is 0 Å². The van der Waals surface area contributed by atoms with Crippen molar-refractivity contribution < 1.29 is 10.0 Å². The van der Waals surface area contributed by atoms with Crippen molar-refractivity contribution in [3.63, 3.8) is 0 Å². The summed E-state index contributed by atoms with van der Waals surface area (Å²) >= 11 is 0. The summed E-state index contributed by atoms with van der Waals surface area (Å²) in [7, 11) is 0. The van der Waals surface area contributed by atoms with Crippen LogP contribution in [0.15, 0.2) is 40.6 Å². The molecule has 0 saturated carbocycles. The van der Waals surface area contributed by atoms with Crippen molar-refractivity contribution >= 4 is 11.4 Å². The van der Waals surface area contributed by atoms with Gasteiger partial charge in [-0.05, 0) is 0 Å². The van der Waals surface area contributed by atoms with E-state index in [1.807, 2.05) is 51.1 Å². The van der Waals surface area contributed by atoms with Gasteiger partial charge in [-0.1, -0.05) is 61.4 Å². The van der Waals surface area contributed by atoms with E-state index in [0.29, 0.717) is 11.4 Å². The van der Waals surface area contributed by atoms with Crippen LogP contribution in [-0.4, -0.2) is 22.7 Å². The fourth-order valence-electron chi connectivity index (χ4n) is 1.79. The van der Waals surface area contributed by atoms with E-state index in [-0.39, 0.29) is 11.5 Å². The molecule has 1 unspecified atom stereocenters. The van der Waals surface area contributed by atoms with Crippen LogP contribution in [-0.2, 0) is 4.84 Å². The Balaban J connectivity index is 2.34. The Morgan fingerprint density at radius 3 is 2.41 bits per heavy atom. The van der Waals surface area contributed by atoms with Crippen LogP contribution in [0.2, 0.25) is 0 Å². The molecule has 1 atom stereocenters. The Morgan fingerprint density at radius 2 is 1.88 bits per heavy atom. The van der Waals surface area contributed by atoms with Gasteiger partial charge in [0.1, 0.15) is 5.71 Å². The minimum absolute atomic E-state index is 0.165. The molecule has 1 aromatic rings. The molecular weight excluding hydrogens is 216 g/mol. The minimum Gasteiger partial charge on any atom is -0.410 e. The molecule has 1 aliphatic rings. The quantitative estimate of drug-likeness (QED) is 0.597. The van der Waals surface area contributed by atoms with Crippen molar-refractivity contribution in [2.45, 2.75) is 26.9 Å². The smallest absolute Gasteiger partial charge is 0.179 e. The van der Waals surface area contributed by atoms with Gasteiger partial charge in [0.2, 0.25) is 0 Å². The third kappa shape index (κ3) is 2.16. The predicted molar refractivity (Wildman–Crippen MR) is 66.5 cm³/mol. The van der Waals surface area contributed by atoms with Crippen LogP contribution >= 0.6 is 0 Å². The number of hydrogen-bond acceptors (Lipinski definition) is 4. The maximum atomic E-state index is 9.16. The Bertz CT molecular complexity index is 458. The SMILES string of the molecule is CC(C)(C)C1ON=C(c2ccccc2)/C1=N/O. The highest BCUT2D eigenvalue weighted by atomic mass is 16.6. The van der Waals surface area contributed by atoms with E-state index >= 15 is 0 Å². The topological polar surface area (TPSA) is 54.2 Å². The number of nitrogens with zero attached hydrogens (tertiary/aromatic N) is 2. The largest absolute Gasteiger partial charge is 0.410 e. The average molecular weight is 232 g/mol. The zero-order valence-electron chi connectivity index (χ0n) is 10.2. The van der Waals surface area contributed by atoms with Crippen LogP contribution in [0.1, 0.15) is 26.3 Å². The number of rotatable bonds is 1. The van der Waals surface area contributed by atoms with E-state index in [0.717, 1.165) is 5.56 Å². The molecule has 90 valence electrons. The van der Waals surface area contributed by atoms with Crippen molar-refractivity contribution in [1.82, 2.24) is 0 Å². The fraction of sp³-hybridized carbons (Fsp3) is 0.385. The lowest BCUT2D eigenvalue weighted by atomic mass is 9.84. The van der Waals surface area contributed by atoms with E-state index in [2.05, 4.69) is 10.3 Å². The molecule has 4 nitrogen and oxygen atoms in total. The maximum Gasteiger partial charge on any atom is 0.179 e. The summed E-state index contributed by atoms with van der Waals surface area (Å²) in [6.07, 6.45) is -0.317. The van der Waals surface area contributed by atoms with Gasteiger partial charge in [0.25, 0.3) is 0 Å². The van der Waals surface area contributed by atoms with Gasteiger partial charge in [0.15, 0.2) is 11.8 Å². The summed E-state index contributed by atoms with van der Waals surface area (Å²) < 4.78 is 0. The third-order valence-electron chi connectivity index (χ3n) is 2.68. The molecule has 1 aromatic carbocycles. The van der Waals surface area contributed by atoms with Gasteiger partial charge < -0.3 is 10.0 Å². The molecule has 2 rings (SSSR count). The van der Waals surface area contributed by atoms with Gasteiger partial charge in [-0.25, -0.2) is 0 Å². The van der Waals surface area contributed by atoms with E-state index in [9.17, 15) is 0 Å². The first-order chi connectivity index (χ1) is 8.04. The van der Waals surface area contributed by atoms with Crippen LogP contribution in [0.5, 0.6) is 0 Å². The number of benzene rings is 1. The summed E-state index contributed by atoms with van der Waals surface area (Å²) in [4.78, 5) is 5.39. The Morgan fingerprint density at radius 1 is 1.24 bits per heavy atom. The van der Waals surface area contributed by atoms with E-state index in [1.54, 1.807) is 0 Å². The number of oxime groups is 2. The molecule has 0 radical (unpaired) electrons. The second kappa shape index (κ2) is 4.20. The molecule has 1 N–H and O–H groups in total. The molecule has 0 spiro atoms. The lowest BCUT2D eigenvalue weighted by molar-refractivity contribution is 0.0420. The maximum absolute atomic E-state index is 9.16. The number of hydrogen-bond donors (Lipinski definition) is 1. The normalized spacial score (nSPS) is 22.4. The first-order valence-corrected chi connectivity index (χ1v) is 5.55. The molecule has 17 heavy (non-hydrogen) atoms. The predicted octanol–water partition coefficient (Wildman–Crippen LogP) is 2.67. The lowest BCUT2D eigenvalue weighted by Gasteiger charge is -2.24. The van der Waals surface area contributed by atoms with Crippen molar-refractivity contribution in [1.29, 1.82) is 0 Å². The summed E-state index contributed by atoms with van der Waals surface area (Å²) in [5.41, 5.74) is 1.82. The molecule has 1 aliphatic heterocycles. The van der Waals surface area contributed by atoms with Gasteiger partial charge in [0.05, 0.1) is 0 Å². The van der Waals surface area contributed by atoms with Gasteiger partial charge in [-0.3, -0.25) is 0 Å². The van der Waals surface area contributed by atoms with E-state index < -0.39 is 0 Å². The zero-order valence-corrected chi connectivity index (χ0v) is 10.2. The van der Waals surface area contributed by atoms with Gasteiger partial charge in [-0.15, -0.1) is 0 Å². The summed E-state index contributed by atoms with van der Waals surface area (Å²) in [5, 5.41) is 16.5. The Labute approximate surface area is 101 Å². The van der Waals surface area contributed by atoms with Crippen molar-refractivity contribution in [2.24, 2.45) is 15.7 Å². The molecular formula is C13H16N2O2. The Kier molecular flexibility index (Phi) is 2.88. The highest BCUT2D eigenvalue weighted by Gasteiger charge is 2.39. The average Bonchev–Trinajstić information content (AvgIpc) is 2.73. The van der Waals surface area contributed by atoms with Crippen LogP contribution in [0, 0.1) is 5.41 Å². The summed E-state index contributed by atoms with van der Waals surface area (Å²) in [6.45, 7) is 6.06. The van der Waals surface area contributed by atoms with Gasteiger partial charge in [-0.2, -0.15) is 0 Å². The molecule has 0 bridgehead atoms. The summed E-state index contributed by atoms with van der Waals surface area (Å²) in [6, 6.07) is 9.59. The van der Waals surface area contributed by atoms with Crippen molar-refractivity contribution in [3.05, 3.63) is 35.9 Å². The highest BCUT2D eigenvalue weighted by molar-refractivity contribution is 6.50. The highest BCUT2D eigenvalue weighted by Crippen LogP contribution is 2.29. The molecule has 0 aliphatic carbocycles. The molecule has 0 fully saturated rings. The fourth-order valence-corrected chi connectivity index (χ4v) is 1.79. The minimum atomic E-state index is -0.317. The van der Waals surface area contributed by atoms with E-state index in [1.165, 1.54) is 0 Å². The van der Waals surface area contributed by atoms with Crippen LogP contribution in [0.4, 0.5) is 0 Å². The van der Waals surface area contributed by atoms with Crippen LogP contribution < -0.4 is 0 Å². The lowest BCUT2D eigenvalue weighted by Crippen LogP contribution is -2.35. The molecule has 0 aromatic heterocycles.